The van der Waals surface area contributed by atoms with Gasteiger partial charge in [-0.05, 0) is 42.0 Å². The first-order valence-electron chi connectivity index (χ1n) is 5.04. The zero-order chi connectivity index (χ0) is 11.5. The van der Waals surface area contributed by atoms with Gasteiger partial charge in [-0.2, -0.15) is 0 Å². The fraction of sp³-hybridized carbons (Fsp3) is 0.154. The monoisotopic (exact) mass is 231 g/mol. The summed E-state index contributed by atoms with van der Waals surface area (Å²) in [6.07, 6.45) is 0. The molecule has 0 bridgehead atoms. The number of nitrogens with one attached hydrogen (secondary N) is 1. The quantitative estimate of drug-likeness (QED) is 0.798. The van der Waals surface area contributed by atoms with Crippen LogP contribution in [0.2, 0.25) is 0 Å². The molecule has 0 unspecified atom stereocenters. The molecule has 0 aliphatic carbocycles. The van der Waals surface area contributed by atoms with Crippen LogP contribution in [0.4, 0.5) is 5.69 Å². The Morgan fingerprint density at radius 1 is 1.12 bits per heavy atom. The second-order valence-corrected chi connectivity index (χ2v) is 4.22. The first-order chi connectivity index (χ1) is 7.69. The minimum absolute atomic E-state index is 0.771. The van der Waals surface area contributed by atoms with Crippen LogP contribution in [0.3, 0.4) is 0 Å². The SMILES string of the molecule is COc1ccc2cc(NC(C)=S)ccc2c1. The van der Waals surface area contributed by atoms with E-state index in [0.29, 0.717) is 0 Å². The molecule has 0 aromatic heterocycles. The minimum atomic E-state index is 0.771. The van der Waals surface area contributed by atoms with E-state index in [4.69, 9.17) is 17.0 Å². The van der Waals surface area contributed by atoms with E-state index < -0.39 is 0 Å². The van der Waals surface area contributed by atoms with E-state index in [2.05, 4.69) is 17.4 Å². The Morgan fingerprint density at radius 3 is 2.50 bits per heavy atom. The predicted octanol–water partition coefficient (Wildman–Crippen LogP) is 3.61. The summed E-state index contributed by atoms with van der Waals surface area (Å²) < 4.78 is 5.18. The smallest absolute Gasteiger partial charge is 0.119 e. The van der Waals surface area contributed by atoms with Crippen LogP contribution in [0.25, 0.3) is 10.8 Å². The molecule has 2 aromatic carbocycles. The second kappa shape index (κ2) is 4.49. The van der Waals surface area contributed by atoms with Crippen LogP contribution in [-0.4, -0.2) is 12.1 Å². The van der Waals surface area contributed by atoms with Crippen LogP contribution < -0.4 is 10.1 Å². The molecule has 3 heteroatoms. The highest BCUT2D eigenvalue weighted by Gasteiger charge is 1.98. The second-order valence-electron chi connectivity index (χ2n) is 3.61. The number of rotatable bonds is 2. The van der Waals surface area contributed by atoms with Crippen LogP contribution >= 0.6 is 12.2 Å². The van der Waals surface area contributed by atoms with Gasteiger partial charge in [0.25, 0.3) is 0 Å². The summed E-state index contributed by atoms with van der Waals surface area (Å²) in [6, 6.07) is 12.2. The van der Waals surface area contributed by atoms with Gasteiger partial charge < -0.3 is 10.1 Å². The molecule has 1 N–H and O–H groups in total. The van der Waals surface area contributed by atoms with Gasteiger partial charge in [-0.25, -0.2) is 0 Å². The molecule has 0 saturated carbocycles. The zero-order valence-electron chi connectivity index (χ0n) is 9.28. The van der Waals surface area contributed by atoms with Crippen molar-refractivity contribution in [2.75, 3.05) is 12.4 Å². The molecule has 0 radical (unpaired) electrons. The van der Waals surface area contributed by atoms with E-state index in [-0.39, 0.29) is 0 Å². The first-order valence-corrected chi connectivity index (χ1v) is 5.45. The van der Waals surface area contributed by atoms with E-state index >= 15 is 0 Å². The van der Waals surface area contributed by atoms with E-state index in [1.54, 1.807) is 7.11 Å². The normalized spacial score (nSPS) is 10.1. The first kappa shape index (κ1) is 10.9. The third-order valence-corrected chi connectivity index (χ3v) is 2.47. The van der Waals surface area contributed by atoms with Crippen molar-refractivity contribution >= 4 is 33.7 Å². The van der Waals surface area contributed by atoms with Gasteiger partial charge in [-0.3, -0.25) is 0 Å². The summed E-state index contributed by atoms with van der Waals surface area (Å²) in [6.45, 7) is 1.87. The van der Waals surface area contributed by atoms with Crippen LogP contribution in [0.5, 0.6) is 5.75 Å². The third-order valence-electron chi connectivity index (χ3n) is 2.37. The maximum atomic E-state index is 5.18. The van der Waals surface area contributed by atoms with Crippen molar-refractivity contribution < 1.29 is 4.74 Å². The summed E-state index contributed by atoms with van der Waals surface area (Å²) in [5.41, 5.74) is 1.02. The summed E-state index contributed by atoms with van der Waals surface area (Å²) in [7, 11) is 1.67. The van der Waals surface area contributed by atoms with Crippen molar-refractivity contribution in [1.29, 1.82) is 0 Å². The topological polar surface area (TPSA) is 21.3 Å². The summed E-state index contributed by atoms with van der Waals surface area (Å²) in [5, 5.41) is 5.45. The minimum Gasteiger partial charge on any atom is -0.497 e. The largest absolute Gasteiger partial charge is 0.497 e. The third kappa shape index (κ3) is 2.31. The van der Waals surface area contributed by atoms with Crippen molar-refractivity contribution in [3.63, 3.8) is 0 Å². The molecular formula is C13H13NOS. The highest BCUT2D eigenvalue weighted by molar-refractivity contribution is 7.80. The Kier molecular flexibility index (Phi) is 3.06. The Hall–Kier alpha value is -1.61. The molecule has 2 rings (SSSR count). The number of hydrogen-bond acceptors (Lipinski definition) is 2. The number of benzene rings is 2. The van der Waals surface area contributed by atoms with Crippen molar-refractivity contribution in [1.82, 2.24) is 0 Å². The van der Waals surface area contributed by atoms with Crippen LogP contribution in [0.15, 0.2) is 36.4 Å². The average Bonchev–Trinajstić information content (AvgIpc) is 2.27. The van der Waals surface area contributed by atoms with Gasteiger partial charge in [0.15, 0.2) is 0 Å². The van der Waals surface area contributed by atoms with Crippen LogP contribution in [0.1, 0.15) is 6.92 Å². The fourth-order valence-corrected chi connectivity index (χ4v) is 1.75. The number of fused-ring (bicyclic) bond motifs is 1. The number of hydrogen-bond donors (Lipinski definition) is 1. The molecule has 2 nitrogen and oxygen atoms in total. The predicted molar refractivity (Wildman–Crippen MR) is 72.4 cm³/mol. The molecule has 0 saturated heterocycles. The highest BCUT2D eigenvalue weighted by atomic mass is 32.1. The molecule has 0 aliphatic heterocycles. The molecule has 82 valence electrons. The van der Waals surface area contributed by atoms with Gasteiger partial charge in [-0.15, -0.1) is 0 Å². The van der Waals surface area contributed by atoms with Gasteiger partial charge in [0, 0.05) is 5.69 Å². The molecular weight excluding hydrogens is 218 g/mol. The maximum absolute atomic E-state index is 5.18. The summed E-state index contributed by atoms with van der Waals surface area (Å²) in [4.78, 5) is 0.771. The van der Waals surface area contributed by atoms with Crippen LogP contribution in [0, 0.1) is 0 Å². The highest BCUT2D eigenvalue weighted by Crippen LogP contribution is 2.23. The van der Waals surface area contributed by atoms with Crippen molar-refractivity contribution in [2.24, 2.45) is 0 Å². The number of ether oxygens (including phenoxy) is 1. The lowest BCUT2D eigenvalue weighted by Crippen LogP contribution is -2.02. The Labute approximate surface area is 100 Å². The van der Waals surface area contributed by atoms with Gasteiger partial charge in [-0.1, -0.05) is 24.4 Å². The van der Waals surface area contributed by atoms with E-state index in [0.717, 1.165) is 21.8 Å². The molecule has 0 heterocycles. The number of thiocarbonyl (C=S) groups is 1. The summed E-state index contributed by atoms with van der Waals surface area (Å²) in [5.74, 6) is 0.874. The molecule has 0 atom stereocenters. The van der Waals surface area contributed by atoms with E-state index in [9.17, 15) is 0 Å². The lowest BCUT2D eigenvalue weighted by Gasteiger charge is -2.06. The Balaban J connectivity index is 2.43. The van der Waals surface area contributed by atoms with Gasteiger partial charge >= 0.3 is 0 Å². The van der Waals surface area contributed by atoms with Crippen molar-refractivity contribution in [3.8, 4) is 5.75 Å². The van der Waals surface area contributed by atoms with Crippen molar-refractivity contribution in [2.45, 2.75) is 6.92 Å². The van der Waals surface area contributed by atoms with Gasteiger partial charge in [0.2, 0.25) is 0 Å². The van der Waals surface area contributed by atoms with E-state index in [1.807, 2.05) is 31.2 Å². The van der Waals surface area contributed by atoms with Gasteiger partial charge in [0.1, 0.15) is 5.75 Å². The standard InChI is InChI=1S/C13H13NOS/c1-9(16)14-12-5-3-11-8-13(15-2)6-4-10(11)7-12/h3-8H,1-2H3,(H,14,16). The Bertz CT molecular complexity index is 536. The zero-order valence-corrected chi connectivity index (χ0v) is 10.1. The maximum Gasteiger partial charge on any atom is 0.119 e. The van der Waals surface area contributed by atoms with E-state index in [1.165, 1.54) is 5.39 Å². The molecule has 2 aromatic rings. The lowest BCUT2D eigenvalue weighted by atomic mass is 10.1. The van der Waals surface area contributed by atoms with Crippen LogP contribution in [-0.2, 0) is 0 Å². The van der Waals surface area contributed by atoms with Gasteiger partial charge in [0.05, 0.1) is 12.1 Å². The number of anilines is 1. The average molecular weight is 231 g/mol. The fourth-order valence-electron chi connectivity index (χ4n) is 1.63. The lowest BCUT2D eigenvalue weighted by molar-refractivity contribution is 0.415. The number of methoxy groups -OCH3 is 1. The molecule has 0 spiro atoms. The molecule has 0 amide bonds. The molecule has 0 aliphatic rings. The molecule has 16 heavy (non-hydrogen) atoms. The summed E-state index contributed by atoms with van der Waals surface area (Å²) >= 11 is 5.01. The molecule has 0 fully saturated rings. The van der Waals surface area contributed by atoms with Crippen molar-refractivity contribution in [3.05, 3.63) is 36.4 Å². The Morgan fingerprint density at radius 2 is 1.81 bits per heavy atom.